The maximum absolute atomic E-state index is 5.40. The smallest absolute Gasteiger partial charge is 0.195 e. The molecule has 0 N–H and O–H groups in total. The van der Waals surface area contributed by atoms with Crippen LogP contribution in [0.1, 0.15) is 38.4 Å². The van der Waals surface area contributed by atoms with Crippen LogP contribution >= 0.6 is 11.8 Å². The first-order valence-electron chi connectivity index (χ1n) is 9.14. The van der Waals surface area contributed by atoms with E-state index in [9.17, 15) is 0 Å². The number of rotatable bonds is 6. The molecule has 0 unspecified atom stereocenters. The molecular formula is C20H28N4OS. The first kappa shape index (κ1) is 19.0. The van der Waals surface area contributed by atoms with Crippen LogP contribution < -0.4 is 4.74 Å². The van der Waals surface area contributed by atoms with Crippen LogP contribution in [0.15, 0.2) is 41.1 Å². The first-order chi connectivity index (χ1) is 12.7. The van der Waals surface area contributed by atoms with E-state index >= 15 is 0 Å². The van der Waals surface area contributed by atoms with Gasteiger partial charge in [0.15, 0.2) is 5.16 Å². The molecule has 1 saturated heterocycles. The second kappa shape index (κ2) is 8.73. The molecule has 2 aromatic rings. The van der Waals surface area contributed by atoms with E-state index in [0.29, 0.717) is 5.92 Å². The number of benzene rings is 1. The van der Waals surface area contributed by atoms with Gasteiger partial charge in [0.1, 0.15) is 11.6 Å². The van der Waals surface area contributed by atoms with Crippen molar-refractivity contribution in [3.05, 3.63) is 41.7 Å². The molecular weight excluding hydrogens is 344 g/mol. The van der Waals surface area contributed by atoms with Gasteiger partial charge in [-0.15, -0.1) is 10.2 Å². The van der Waals surface area contributed by atoms with Crippen LogP contribution in [-0.2, 0) is 0 Å². The Balaban J connectivity index is 1.82. The van der Waals surface area contributed by atoms with Crippen molar-refractivity contribution < 1.29 is 4.74 Å². The first-order valence-corrected chi connectivity index (χ1v) is 10.4. The molecule has 5 nitrogen and oxygen atoms in total. The lowest BCUT2D eigenvalue weighted by atomic mass is 9.95. The quantitative estimate of drug-likeness (QED) is 0.563. The zero-order valence-corrected chi connectivity index (χ0v) is 16.9. The number of ether oxygens (including phenoxy) is 1. The van der Waals surface area contributed by atoms with Crippen molar-refractivity contribution in [1.82, 2.24) is 19.7 Å². The monoisotopic (exact) mass is 372 g/mol. The normalized spacial score (nSPS) is 16.8. The van der Waals surface area contributed by atoms with Crippen molar-refractivity contribution in [1.29, 1.82) is 0 Å². The molecule has 0 spiro atoms. The molecule has 0 amide bonds. The van der Waals surface area contributed by atoms with E-state index in [1.165, 1.54) is 5.57 Å². The fourth-order valence-electron chi connectivity index (χ4n) is 3.46. The number of hydrogen-bond donors (Lipinski definition) is 0. The van der Waals surface area contributed by atoms with Gasteiger partial charge in [-0.25, -0.2) is 0 Å². The van der Waals surface area contributed by atoms with E-state index in [1.54, 1.807) is 18.9 Å². The number of methoxy groups -OCH3 is 1. The molecule has 3 rings (SSSR count). The van der Waals surface area contributed by atoms with E-state index in [0.717, 1.165) is 54.9 Å². The summed E-state index contributed by atoms with van der Waals surface area (Å²) in [7, 11) is 1.70. The second-order valence-electron chi connectivity index (χ2n) is 6.77. The van der Waals surface area contributed by atoms with Gasteiger partial charge >= 0.3 is 0 Å². The van der Waals surface area contributed by atoms with Crippen LogP contribution in [0.5, 0.6) is 5.75 Å². The van der Waals surface area contributed by atoms with Crippen LogP contribution in [0.25, 0.3) is 5.69 Å². The highest BCUT2D eigenvalue weighted by atomic mass is 32.2. The molecule has 1 aromatic carbocycles. The number of nitrogens with zero attached hydrogens (tertiary/aromatic N) is 4. The van der Waals surface area contributed by atoms with Crippen molar-refractivity contribution in [2.45, 2.75) is 37.8 Å². The van der Waals surface area contributed by atoms with E-state index < -0.39 is 0 Å². The fraction of sp³-hybridized carbons (Fsp3) is 0.500. The standard InChI is InChI=1S/C20H28N4OS/c1-5-15(2)14-23-11-9-16(10-12-23)19-21-22-20(26-4)24(19)17-7-6-8-18(13-17)25-3/h5-8,13,16H,9-12,14H2,1-4H3/b15-5+. The van der Waals surface area contributed by atoms with Gasteiger partial charge in [-0.1, -0.05) is 29.5 Å². The van der Waals surface area contributed by atoms with Crippen molar-refractivity contribution >= 4 is 11.8 Å². The van der Waals surface area contributed by atoms with Crippen molar-refractivity contribution in [3.63, 3.8) is 0 Å². The second-order valence-corrected chi connectivity index (χ2v) is 7.54. The summed E-state index contributed by atoms with van der Waals surface area (Å²) in [5.41, 5.74) is 2.51. The number of thioether (sulfide) groups is 1. The number of allylic oxidation sites excluding steroid dienone is 1. The minimum atomic E-state index is 0.441. The van der Waals surface area contributed by atoms with Gasteiger partial charge in [-0.05, 0) is 58.2 Å². The Labute approximate surface area is 160 Å². The molecule has 1 aliphatic heterocycles. The summed E-state index contributed by atoms with van der Waals surface area (Å²) in [6.45, 7) is 7.60. The van der Waals surface area contributed by atoms with Crippen LogP contribution in [0.4, 0.5) is 0 Å². The lowest BCUT2D eigenvalue weighted by Gasteiger charge is -2.31. The minimum absolute atomic E-state index is 0.441. The summed E-state index contributed by atoms with van der Waals surface area (Å²) in [4.78, 5) is 2.54. The summed E-state index contributed by atoms with van der Waals surface area (Å²) in [5.74, 6) is 2.37. The number of hydrogen-bond acceptors (Lipinski definition) is 5. The predicted molar refractivity (Wildman–Crippen MR) is 108 cm³/mol. The Morgan fingerprint density at radius 1 is 1.31 bits per heavy atom. The van der Waals surface area contributed by atoms with Gasteiger partial charge in [-0.3, -0.25) is 9.47 Å². The maximum Gasteiger partial charge on any atom is 0.195 e. The highest BCUT2D eigenvalue weighted by Gasteiger charge is 2.26. The number of aromatic nitrogens is 3. The van der Waals surface area contributed by atoms with Gasteiger partial charge in [0.25, 0.3) is 0 Å². The summed E-state index contributed by atoms with van der Waals surface area (Å²) >= 11 is 1.63. The zero-order valence-electron chi connectivity index (χ0n) is 16.1. The highest BCUT2D eigenvalue weighted by Crippen LogP contribution is 2.32. The summed E-state index contributed by atoms with van der Waals surface area (Å²) in [6.07, 6.45) is 6.49. The molecule has 1 aliphatic rings. The summed E-state index contributed by atoms with van der Waals surface area (Å²) in [6, 6.07) is 8.13. The van der Waals surface area contributed by atoms with Crippen LogP contribution in [0, 0.1) is 0 Å². The molecule has 1 fully saturated rings. The lowest BCUT2D eigenvalue weighted by molar-refractivity contribution is 0.223. The molecule has 2 heterocycles. The molecule has 1 aromatic heterocycles. The van der Waals surface area contributed by atoms with E-state index in [-0.39, 0.29) is 0 Å². The summed E-state index contributed by atoms with van der Waals surface area (Å²) < 4.78 is 7.60. The Hall–Kier alpha value is -1.79. The minimum Gasteiger partial charge on any atom is -0.497 e. The largest absolute Gasteiger partial charge is 0.497 e. The van der Waals surface area contributed by atoms with Gasteiger partial charge < -0.3 is 4.74 Å². The summed E-state index contributed by atoms with van der Waals surface area (Å²) in [5, 5.41) is 9.93. The van der Waals surface area contributed by atoms with Crippen LogP contribution in [-0.4, -0.2) is 52.7 Å². The average Bonchev–Trinajstić information content (AvgIpc) is 3.12. The van der Waals surface area contributed by atoms with Crippen molar-refractivity contribution in [3.8, 4) is 11.4 Å². The maximum atomic E-state index is 5.40. The van der Waals surface area contributed by atoms with E-state index in [4.69, 9.17) is 4.74 Å². The topological polar surface area (TPSA) is 43.2 Å². The van der Waals surface area contributed by atoms with Crippen molar-refractivity contribution in [2.75, 3.05) is 33.0 Å². The molecule has 6 heteroatoms. The molecule has 26 heavy (non-hydrogen) atoms. The zero-order chi connectivity index (χ0) is 18.5. The highest BCUT2D eigenvalue weighted by molar-refractivity contribution is 7.98. The third-order valence-corrected chi connectivity index (χ3v) is 5.70. The van der Waals surface area contributed by atoms with Gasteiger partial charge in [0.2, 0.25) is 0 Å². The molecule has 140 valence electrons. The average molecular weight is 373 g/mol. The Morgan fingerprint density at radius 3 is 2.73 bits per heavy atom. The van der Waals surface area contributed by atoms with Gasteiger partial charge in [0, 0.05) is 18.5 Å². The molecule has 0 atom stereocenters. The van der Waals surface area contributed by atoms with Gasteiger partial charge in [0.05, 0.1) is 12.8 Å². The molecule has 0 saturated carbocycles. The van der Waals surface area contributed by atoms with Gasteiger partial charge in [-0.2, -0.15) is 0 Å². The van der Waals surface area contributed by atoms with Crippen LogP contribution in [0.2, 0.25) is 0 Å². The Bertz CT molecular complexity index is 763. The Kier molecular flexibility index (Phi) is 6.38. The van der Waals surface area contributed by atoms with E-state index in [1.807, 2.05) is 18.4 Å². The fourth-order valence-corrected chi connectivity index (χ4v) is 3.97. The third-order valence-electron chi connectivity index (χ3n) is 5.07. The Morgan fingerprint density at radius 2 is 2.08 bits per heavy atom. The predicted octanol–water partition coefficient (Wildman–Crippen LogP) is 4.14. The lowest BCUT2D eigenvalue weighted by Crippen LogP contribution is -2.34. The third kappa shape index (κ3) is 4.13. The SMILES string of the molecule is C/C=C(\C)CN1CCC(c2nnc(SC)n2-c2cccc(OC)c2)CC1. The number of likely N-dealkylation sites (tertiary alicyclic amines) is 1. The molecule has 0 bridgehead atoms. The van der Waals surface area contributed by atoms with Crippen molar-refractivity contribution in [2.24, 2.45) is 0 Å². The molecule has 0 radical (unpaired) electrons. The number of piperidine rings is 1. The van der Waals surface area contributed by atoms with Crippen LogP contribution in [0.3, 0.4) is 0 Å². The molecule has 0 aliphatic carbocycles. The van der Waals surface area contributed by atoms with E-state index in [2.05, 4.69) is 51.7 Å².